The molecule has 10 heteroatoms. The van der Waals surface area contributed by atoms with Crippen molar-refractivity contribution in [3.05, 3.63) is 57.0 Å². The number of carboxylic acids is 1. The van der Waals surface area contributed by atoms with Crippen LogP contribution in [0, 0.1) is 18.8 Å². The third kappa shape index (κ3) is 4.46. The van der Waals surface area contributed by atoms with Gasteiger partial charge in [0, 0.05) is 35.8 Å². The number of aromatic carboxylic acids is 1. The van der Waals surface area contributed by atoms with Gasteiger partial charge in [0.15, 0.2) is 5.69 Å². The van der Waals surface area contributed by atoms with E-state index in [1.807, 2.05) is 6.07 Å². The maximum atomic E-state index is 11.4. The Bertz CT molecular complexity index is 1290. The van der Waals surface area contributed by atoms with Crippen molar-refractivity contribution >= 4 is 35.1 Å². The molecule has 3 heterocycles. The predicted molar refractivity (Wildman–Crippen MR) is 135 cm³/mol. The third-order valence-corrected chi connectivity index (χ3v) is 8.11. The highest BCUT2D eigenvalue weighted by molar-refractivity contribution is 6.39. The molecule has 8 nitrogen and oxygen atoms in total. The minimum Gasteiger partial charge on any atom is -0.477 e. The van der Waals surface area contributed by atoms with Gasteiger partial charge in [0.1, 0.15) is 11.5 Å². The van der Waals surface area contributed by atoms with Crippen LogP contribution in [0.4, 0.5) is 5.95 Å². The summed E-state index contributed by atoms with van der Waals surface area (Å²) in [5.74, 6) is 1.64. The molecule has 0 bridgehead atoms. The molecule has 1 saturated heterocycles. The van der Waals surface area contributed by atoms with Crippen LogP contribution in [0.25, 0.3) is 11.3 Å². The minimum absolute atomic E-state index is 0.0328. The Hall–Kier alpha value is -2.68. The van der Waals surface area contributed by atoms with Crippen molar-refractivity contribution in [2.45, 2.75) is 51.2 Å². The fourth-order valence-corrected chi connectivity index (χ4v) is 6.17. The molecule has 0 unspecified atom stereocenters. The minimum atomic E-state index is -1.04. The summed E-state index contributed by atoms with van der Waals surface area (Å²) < 4.78 is 12.2. The maximum absolute atomic E-state index is 11.4. The highest BCUT2D eigenvalue weighted by atomic mass is 35.5. The van der Waals surface area contributed by atoms with Crippen LogP contribution in [0.5, 0.6) is 0 Å². The maximum Gasteiger partial charge on any atom is 0.354 e. The Morgan fingerprint density at radius 2 is 1.86 bits per heavy atom. The van der Waals surface area contributed by atoms with Crippen molar-refractivity contribution in [3.63, 3.8) is 0 Å². The largest absolute Gasteiger partial charge is 0.477 e. The van der Waals surface area contributed by atoms with Gasteiger partial charge in [0.2, 0.25) is 5.95 Å². The standard InChI is InChI=1S/C26H26Cl2N4O4/c1-13-7-21(25(33)34)30-26(29-13)32-10-15-8-17(9-16(15)11-32)35-12-18-23(31-36-24(18)14-5-6-14)22-19(27)3-2-4-20(22)28/h2-4,7,14-17H,5-6,8-12H2,1H3,(H,33,34)/t15-,16+,17+. The number of aromatic nitrogens is 3. The van der Waals surface area contributed by atoms with E-state index in [4.69, 9.17) is 32.5 Å². The van der Waals surface area contributed by atoms with E-state index in [2.05, 4.69) is 20.0 Å². The van der Waals surface area contributed by atoms with Gasteiger partial charge >= 0.3 is 5.97 Å². The second-order valence-electron chi connectivity index (χ2n) is 10.1. The normalized spacial score (nSPS) is 23.3. The number of fused-ring (bicyclic) bond motifs is 1. The molecule has 3 atom stereocenters. The van der Waals surface area contributed by atoms with E-state index in [9.17, 15) is 9.90 Å². The van der Waals surface area contributed by atoms with Gasteiger partial charge in [-0.2, -0.15) is 0 Å². The van der Waals surface area contributed by atoms with Gasteiger partial charge in [-0.25, -0.2) is 14.8 Å². The molecule has 3 aromatic rings. The molecule has 3 fully saturated rings. The first kappa shape index (κ1) is 23.7. The molecule has 2 saturated carbocycles. The first-order valence-electron chi connectivity index (χ1n) is 12.3. The van der Waals surface area contributed by atoms with Crippen molar-refractivity contribution < 1.29 is 19.2 Å². The smallest absolute Gasteiger partial charge is 0.354 e. The average Bonchev–Trinajstić information content (AvgIpc) is 3.30. The Morgan fingerprint density at radius 1 is 1.17 bits per heavy atom. The molecule has 1 N–H and O–H groups in total. The van der Waals surface area contributed by atoms with Gasteiger partial charge in [0.05, 0.1) is 22.8 Å². The van der Waals surface area contributed by atoms with E-state index >= 15 is 0 Å². The summed E-state index contributed by atoms with van der Waals surface area (Å²) in [6.07, 6.45) is 4.18. The summed E-state index contributed by atoms with van der Waals surface area (Å²) in [7, 11) is 0. The topological polar surface area (TPSA) is 102 Å². The number of ether oxygens (including phenoxy) is 1. The highest BCUT2D eigenvalue weighted by Crippen LogP contribution is 2.47. The van der Waals surface area contributed by atoms with Crippen molar-refractivity contribution in [2.75, 3.05) is 18.0 Å². The fraction of sp³-hybridized carbons (Fsp3) is 0.462. The molecule has 0 radical (unpaired) electrons. The predicted octanol–water partition coefficient (Wildman–Crippen LogP) is 5.75. The SMILES string of the molecule is Cc1cc(C(=O)O)nc(N2C[C@H]3C[C@H](OCc4c(-c5c(Cl)cccc5Cl)noc4C4CC4)C[C@H]3C2)n1. The number of hydrogen-bond donors (Lipinski definition) is 1. The van der Waals surface area contributed by atoms with Crippen LogP contribution in [0.1, 0.15) is 59.1 Å². The Labute approximate surface area is 218 Å². The Morgan fingerprint density at radius 3 is 2.50 bits per heavy atom. The van der Waals surface area contributed by atoms with Gasteiger partial charge < -0.3 is 19.3 Å². The molecule has 3 aliphatic rings. The number of nitrogens with zero attached hydrogens (tertiary/aromatic N) is 4. The molecule has 0 spiro atoms. The first-order valence-corrected chi connectivity index (χ1v) is 13.0. The van der Waals surface area contributed by atoms with Crippen molar-refractivity contribution in [1.82, 2.24) is 15.1 Å². The van der Waals surface area contributed by atoms with E-state index in [1.165, 1.54) is 6.07 Å². The molecule has 2 aliphatic carbocycles. The summed E-state index contributed by atoms with van der Waals surface area (Å²) in [5, 5.41) is 14.8. The van der Waals surface area contributed by atoms with Gasteiger partial charge in [-0.3, -0.25) is 0 Å². The molecule has 188 valence electrons. The number of aryl methyl sites for hydroxylation is 1. The average molecular weight is 529 g/mol. The number of halogens is 2. The van der Waals surface area contributed by atoms with E-state index in [1.54, 1.807) is 19.1 Å². The molecule has 1 aromatic carbocycles. The number of carboxylic acid groups (broad SMARTS) is 1. The zero-order chi connectivity index (χ0) is 25.0. The van der Waals surface area contributed by atoms with E-state index in [0.29, 0.717) is 57.3 Å². The van der Waals surface area contributed by atoms with Crippen LogP contribution < -0.4 is 4.90 Å². The van der Waals surface area contributed by atoms with Gasteiger partial charge in [0.25, 0.3) is 0 Å². The molecule has 1 aliphatic heterocycles. The number of hydrogen-bond acceptors (Lipinski definition) is 7. The zero-order valence-electron chi connectivity index (χ0n) is 19.8. The molecular weight excluding hydrogens is 503 g/mol. The lowest BCUT2D eigenvalue weighted by molar-refractivity contribution is 0.0402. The Balaban J connectivity index is 1.14. The van der Waals surface area contributed by atoms with Crippen LogP contribution in [-0.4, -0.2) is 45.4 Å². The fourth-order valence-electron chi connectivity index (χ4n) is 5.60. The Kier molecular flexibility index (Phi) is 6.14. The second-order valence-corrected chi connectivity index (χ2v) is 10.9. The summed E-state index contributed by atoms with van der Waals surface area (Å²) in [6, 6.07) is 6.93. The monoisotopic (exact) mass is 528 g/mol. The summed E-state index contributed by atoms with van der Waals surface area (Å²) in [6.45, 7) is 3.80. The van der Waals surface area contributed by atoms with Crippen molar-refractivity contribution in [3.8, 4) is 11.3 Å². The van der Waals surface area contributed by atoms with E-state index < -0.39 is 5.97 Å². The lowest BCUT2D eigenvalue weighted by Crippen LogP contribution is -2.26. The highest BCUT2D eigenvalue weighted by Gasteiger charge is 2.43. The molecule has 2 aromatic heterocycles. The first-order chi connectivity index (χ1) is 17.4. The van der Waals surface area contributed by atoms with Crippen molar-refractivity contribution in [2.24, 2.45) is 11.8 Å². The van der Waals surface area contributed by atoms with Crippen LogP contribution in [0.15, 0.2) is 28.8 Å². The van der Waals surface area contributed by atoms with Crippen LogP contribution >= 0.6 is 23.2 Å². The van der Waals surface area contributed by atoms with Crippen LogP contribution in [-0.2, 0) is 11.3 Å². The molecule has 6 rings (SSSR count). The summed E-state index contributed by atoms with van der Waals surface area (Å²) >= 11 is 13.0. The molecule has 36 heavy (non-hydrogen) atoms. The lowest BCUT2D eigenvalue weighted by Gasteiger charge is -2.20. The van der Waals surface area contributed by atoms with Gasteiger partial charge in [-0.1, -0.05) is 34.4 Å². The lowest BCUT2D eigenvalue weighted by atomic mass is 10.0. The zero-order valence-corrected chi connectivity index (χ0v) is 21.3. The molecular formula is C26H26Cl2N4O4. The summed E-state index contributed by atoms with van der Waals surface area (Å²) in [5.41, 5.74) is 2.99. The van der Waals surface area contributed by atoms with Crippen molar-refractivity contribution in [1.29, 1.82) is 0 Å². The number of benzene rings is 1. The van der Waals surface area contributed by atoms with Crippen LogP contribution in [0.2, 0.25) is 10.0 Å². The van der Waals surface area contributed by atoms with E-state index in [-0.39, 0.29) is 11.8 Å². The number of anilines is 1. The number of carbonyl (C=O) groups is 1. The third-order valence-electron chi connectivity index (χ3n) is 7.48. The summed E-state index contributed by atoms with van der Waals surface area (Å²) in [4.78, 5) is 22.2. The van der Waals surface area contributed by atoms with Gasteiger partial charge in [-0.05, 0) is 62.6 Å². The van der Waals surface area contributed by atoms with Gasteiger partial charge in [-0.15, -0.1) is 0 Å². The molecule has 0 amide bonds. The van der Waals surface area contributed by atoms with E-state index in [0.717, 1.165) is 50.1 Å². The number of rotatable bonds is 7. The van der Waals surface area contributed by atoms with Crippen LogP contribution in [0.3, 0.4) is 0 Å². The second kappa shape index (κ2) is 9.32. The quantitative estimate of drug-likeness (QED) is 0.413.